The average Bonchev–Trinajstić information content (AvgIpc) is 3.02. The van der Waals surface area contributed by atoms with E-state index in [9.17, 15) is 9.59 Å². The fraction of sp³-hybridized carbons (Fsp3) is 0.846. The Labute approximate surface area is 102 Å². The van der Waals surface area contributed by atoms with Gasteiger partial charge in [0, 0.05) is 5.92 Å². The number of rotatable bonds is 5. The molecular formula is C13H21NO3. The zero-order valence-electron chi connectivity index (χ0n) is 10.3. The number of carboxylic acids is 1. The monoisotopic (exact) mass is 239 g/mol. The topological polar surface area (TPSA) is 66.4 Å². The van der Waals surface area contributed by atoms with Crippen LogP contribution in [0.15, 0.2) is 0 Å². The number of nitrogens with one attached hydrogen (secondary N) is 1. The van der Waals surface area contributed by atoms with E-state index in [1.54, 1.807) is 0 Å². The zero-order chi connectivity index (χ0) is 12.4. The van der Waals surface area contributed by atoms with Crippen molar-refractivity contribution in [3.05, 3.63) is 0 Å². The fourth-order valence-electron chi connectivity index (χ4n) is 3.20. The van der Waals surface area contributed by atoms with Crippen molar-refractivity contribution >= 4 is 11.9 Å². The molecule has 2 aliphatic rings. The summed E-state index contributed by atoms with van der Waals surface area (Å²) in [6, 6.07) is -0.699. The summed E-state index contributed by atoms with van der Waals surface area (Å²) in [7, 11) is 0. The first-order valence-corrected chi connectivity index (χ1v) is 6.68. The van der Waals surface area contributed by atoms with Crippen molar-refractivity contribution in [2.75, 3.05) is 0 Å². The lowest BCUT2D eigenvalue weighted by Gasteiger charge is -2.13. The molecule has 2 aliphatic carbocycles. The van der Waals surface area contributed by atoms with E-state index in [1.807, 2.05) is 6.92 Å². The van der Waals surface area contributed by atoms with Crippen molar-refractivity contribution in [2.45, 2.75) is 51.5 Å². The molecule has 2 fully saturated rings. The summed E-state index contributed by atoms with van der Waals surface area (Å²) in [5.41, 5.74) is 0. The standard InChI is InChI=1S/C13H21NO3/c1-2-5-10(13(16)17)14-12(15)11-8-6-3-4-7-9(8)11/h8-11H,2-7H2,1H3,(H,14,15)(H,16,17)/t8?,9?,10-,11?/m1/s1. The van der Waals surface area contributed by atoms with Crippen LogP contribution in [0.2, 0.25) is 0 Å². The summed E-state index contributed by atoms with van der Waals surface area (Å²) in [4.78, 5) is 23.0. The Hall–Kier alpha value is -1.06. The van der Waals surface area contributed by atoms with Gasteiger partial charge in [-0.1, -0.05) is 26.2 Å². The minimum absolute atomic E-state index is 0.0252. The molecule has 4 nitrogen and oxygen atoms in total. The van der Waals surface area contributed by atoms with Gasteiger partial charge in [-0.25, -0.2) is 4.79 Å². The van der Waals surface area contributed by atoms with Crippen molar-refractivity contribution in [3.63, 3.8) is 0 Å². The number of carboxylic acid groups (broad SMARTS) is 1. The third-order valence-electron chi connectivity index (χ3n) is 4.15. The van der Waals surface area contributed by atoms with E-state index in [4.69, 9.17) is 5.11 Å². The van der Waals surface area contributed by atoms with E-state index in [-0.39, 0.29) is 11.8 Å². The molecular weight excluding hydrogens is 218 g/mol. The molecule has 0 aliphatic heterocycles. The Bertz CT molecular complexity index is 304. The molecule has 0 heterocycles. The minimum Gasteiger partial charge on any atom is -0.480 e. The van der Waals surface area contributed by atoms with Crippen LogP contribution in [-0.2, 0) is 9.59 Å². The Morgan fingerprint density at radius 3 is 2.35 bits per heavy atom. The molecule has 2 rings (SSSR count). The van der Waals surface area contributed by atoms with Gasteiger partial charge >= 0.3 is 5.97 Å². The summed E-state index contributed by atoms with van der Waals surface area (Å²) in [6.07, 6.45) is 6.03. The van der Waals surface area contributed by atoms with Gasteiger partial charge in [0.1, 0.15) is 6.04 Å². The van der Waals surface area contributed by atoms with Crippen molar-refractivity contribution in [2.24, 2.45) is 17.8 Å². The quantitative estimate of drug-likeness (QED) is 0.768. The molecule has 0 saturated heterocycles. The molecule has 0 radical (unpaired) electrons. The van der Waals surface area contributed by atoms with Crippen molar-refractivity contribution in [1.29, 1.82) is 0 Å². The average molecular weight is 239 g/mol. The molecule has 2 unspecified atom stereocenters. The Balaban J connectivity index is 1.86. The first kappa shape index (κ1) is 12.4. The predicted molar refractivity (Wildman–Crippen MR) is 63.4 cm³/mol. The summed E-state index contributed by atoms with van der Waals surface area (Å²) >= 11 is 0. The Morgan fingerprint density at radius 2 is 1.88 bits per heavy atom. The van der Waals surface area contributed by atoms with E-state index < -0.39 is 12.0 Å². The number of carbonyl (C=O) groups excluding carboxylic acids is 1. The Morgan fingerprint density at radius 1 is 1.29 bits per heavy atom. The second-order valence-corrected chi connectivity index (χ2v) is 5.33. The molecule has 0 aromatic rings. The van der Waals surface area contributed by atoms with Crippen LogP contribution in [0.1, 0.15) is 45.4 Å². The maximum atomic E-state index is 12.0. The van der Waals surface area contributed by atoms with E-state index in [1.165, 1.54) is 12.8 Å². The molecule has 0 spiro atoms. The molecule has 4 heteroatoms. The third kappa shape index (κ3) is 2.61. The highest BCUT2D eigenvalue weighted by molar-refractivity contribution is 5.87. The predicted octanol–water partition coefficient (Wildman–Crippen LogP) is 1.79. The van der Waals surface area contributed by atoms with E-state index in [0.29, 0.717) is 18.3 Å². The van der Waals surface area contributed by atoms with Crippen LogP contribution in [-0.4, -0.2) is 23.0 Å². The molecule has 2 N–H and O–H groups in total. The van der Waals surface area contributed by atoms with E-state index in [2.05, 4.69) is 5.32 Å². The van der Waals surface area contributed by atoms with Gasteiger partial charge in [0.2, 0.25) is 5.91 Å². The van der Waals surface area contributed by atoms with Crippen LogP contribution in [0, 0.1) is 17.8 Å². The van der Waals surface area contributed by atoms with Crippen LogP contribution >= 0.6 is 0 Å². The van der Waals surface area contributed by atoms with E-state index in [0.717, 1.165) is 19.3 Å². The Kier molecular flexibility index (Phi) is 3.69. The number of aliphatic carboxylic acids is 1. The van der Waals surface area contributed by atoms with Crippen molar-refractivity contribution < 1.29 is 14.7 Å². The van der Waals surface area contributed by atoms with Crippen molar-refractivity contribution in [3.8, 4) is 0 Å². The highest BCUT2D eigenvalue weighted by Crippen LogP contribution is 2.55. The molecule has 2 saturated carbocycles. The number of fused-ring (bicyclic) bond motifs is 1. The number of hydrogen-bond acceptors (Lipinski definition) is 2. The molecule has 17 heavy (non-hydrogen) atoms. The highest BCUT2D eigenvalue weighted by Gasteiger charge is 2.54. The first-order valence-electron chi connectivity index (χ1n) is 6.68. The minimum atomic E-state index is -0.913. The second kappa shape index (κ2) is 5.07. The van der Waals surface area contributed by atoms with Gasteiger partial charge in [-0.05, 0) is 31.1 Å². The normalized spacial score (nSPS) is 32.4. The fourth-order valence-corrected chi connectivity index (χ4v) is 3.20. The van der Waals surface area contributed by atoms with Gasteiger partial charge in [0.15, 0.2) is 0 Å². The maximum absolute atomic E-state index is 12.0. The number of hydrogen-bond donors (Lipinski definition) is 2. The molecule has 3 atom stereocenters. The van der Waals surface area contributed by atoms with Crippen LogP contribution in [0.3, 0.4) is 0 Å². The molecule has 0 aromatic carbocycles. The number of carbonyl (C=O) groups is 2. The summed E-state index contributed by atoms with van der Waals surface area (Å²) in [5, 5.41) is 11.7. The lowest BCUT2D eigenvalue weighted by Crippen LogP contribution is -2.41. The SMILES string of the molecule is CCC[C@@H](NC(=O)C1C2CCCCC21)C(=O)O. The molecule has 96 valence electrons. The van der Waals surface area contributed by atoms with Gasteiger partial charge in [-0.3, -0.25) is 4.79 Å². The zero-order valence-corrected chi connectivity index (χ0v) is 10.3. The van der Waals surface area contributed by atoms with Gasteiger partial charge < -0.3 is 10.4 Å². The van der Waals surface area contributed by atoms with Gasteiger partial charge in [-0.2, -0.15) is 0 Å². The van der Waals surface area contributed by atoms with Crippen LogP contribution in [0.5, 0.6) is 0 Å². The lowest BCUT2D eigenvalue weighted by atomic mass is 10.0. The van der Waals surface area contributed by atoms with Gasteiger partial charge in [0.25, 0.3) is 0 Å². The highest BCUT2D eigenvalue weighted by atomic mass is 16.4. The lowest BCUT2D eigenvalue weighted by molar-refractivity contribution is -0.142. The van der Waals surface area contributed by atoms with Gasteiger partial charge in [-0.15, -0.1) is 0 Å². The van der Waals surface area contributed by atoms with Crippen LogP contribution in [0.4, 0.5) is 0 Å². The summed E-state index contributed by atoms with van der Waals surface area (Å²) in [6.45, 7) is 1.93. The summed E-state index contributed by atoms with van der Waals surface area (Å²) in [5.74, 6) is 0.252. The van der Waals surface area contributed by atoms with Crippen molar-refractivity contribution in [1.82, 2.24) is 5.32 Å². The largest absolute Gasteiger partial charge is 0.480 e. The smallest absolute Gasteiger partial charge is 0.326 e. The molecule has 0 bridgehead atoms. The van der Waals surface area contributed by atoms with E-state index >= 15 is 0 Å². The van der Waals surface area contributed by atoms with Crippen LogP contribution in [0.25, 0.3) is 0 Å². The summed E-state index contributed by atoms with van der Waals surface area (Å²) < 4.78 is 0. The number of amides is 1. The first-order chi connectivity index (χ1) is 8.15. The second-order valence-electron chi connectivity index (χ2n) is 5.33. The molecule has 0 aromatic heterocycles. The maximum Gasteiger partial charge on any atom is 0.326 e. The van der Waals surface area contributed by atoms with Crippen LogP contribution < -0.4 is 5.32 Å². The third-order valence-corrected chi connectivity index (χ3v) is 4.15. The molecule has 1 amide bonds. The van der Waals surface area contributed by atoms with Gasteiger partial charge in [0.05, 0.1) is 0 Å².